The van der Waals surface area contributed by atoms with Crippen molar-refractivity contribution in [2.24, 2.45) is 0 Å². The quantitative estimate of drug-likeness (QED) is 0.606. The summed E-state index contributed by atoms with van der Waals surface area (Å²) in [6.45, 7) is 3.77. The predicted octanol–water partition coefficient (Wildman–Crippen LogP) is 4.67. The van der Waals surface area contributed by atoms with Gasteiger partial charge in [0, 0.05) is 27.7 Å². The van der Waals surface area contributed by atoms with Crippen LogP contribution in [0.25, 0.3) is 0 Å². The molecule has 8 heteroatoms. The number of amides is 1. The van der Waals surface area contributed by atoms with Crippen LogP contribution in [0.5, 0.6) is 11.8 Å². The minimum Gasteiger partial charge on any atom is -0.424 e. The van der Waals surface area contributed by atoms with Crippen molar-refractivity contribution in [3.05, 3.63) is 76.6 Å². The Hall–Kier alpha value is -3.03. The topological polar surface area (TPSA) is 76.1 Å². The first-order valence-electron chi connectivity index (χ1n) is 8.37. The summed E-state index contributed by atoms with van der Waals surface area (Å²) in [5, 5.41) is 6.32. The second kappa shape index (κ2) is 8.77. The fraction of sp³-hybridized carbons (Fsp3) is 0.100. The van der Waals surface area contributed by atoms with Crippen LogP contribution < -0.4 is 15.4 Å². The molecule has 0 radical (unpaired) electrons. The zero-order valence-electron chi connectivity index (χ0n) is 15.2. The van der Waals surface area contributed by atoms with Crippen LogP contribution in [0.15, 0.2) is 54.6 Å². The van der Waals surface area contributed by atoms with Crippen molar-refractivity contribution in [1.82, 2.24) is 15.3 Å². The lowest BCUT2D eigenvalue weighted by atomic mass is 10.2. The highest BCUT2D eigenvalue weighted by Gasteiger charge is 2.08. The molecule has 28 heavy (non-hydrogen) atoms. The Morgan fingerprint density at radius 1 is 1.00 bits per heavy atom. The second-order valence-electron chi connectivity index (χ2n) is 5.97. The standard InChI is InChI=1S/C20H17ClN4O2S/c1-12-11-13(2)23-19(22-12)27-17-9-7-16(8-10-17)24-20(28)25-18(26)14-3-5-15(21)6-4-14/h3-11H,1-2H3,(H2,24,25,26,28). The van der Waals surface area contributed by atoms with Gasteiger partial charge in [-0.25, -0.2) is 9.97 Å². The number of hydrogen-bond acceptors (Lipinski definition) is 5. The molecule has 142 valence electrons. The molecule has 2 aromatic carbocycles. The van der Waals surface area contributed by atoms with Gasteiger partial charge in [0.25, 0.3) is 5.91 Å². The number of anilines is 1. The van der Waals surface area contributed by atoms with Crippen molar-refractivity contribution in [2.45, 2.75) is 13.8 Å². The first kappa shape index (κ1) is 19.7. The number of hydrogen-bond donors (Lipinski definition) is 2. The number of nitrogens with zero attached hydrogens (tertiary/aromatic N) is 2. The number of carbonyl (C=O) groups is 1. The first-order valence-corrected chi connectivity index (χ1v) is 9.16. The van der Waals surface area contributed by atoms with E-state index in [1.807, 2.05) is 19.9 Å². The zero-order valence-corrected chi connectivity index (χ0v) is 16.8. The van der Waals surface area contributed by atoms with Crippen LogP contribution in [0.4, 0.5) is 5.69 Å². The molecule has 3 aromatic rings. The van der Waals surface area contributed by atoms with Crippen molar-refractivity contribution < 1.29 is 9.53 Å². The molecule has 3 rings (SSSR count). The summed E-state index contributed by atoms with van der Waals surface area (Å²) < 4.78 is 5.67. The third-order valence-electron chi connectivity index (χ3n) is 3.62. The van der Waals surface area contributed by atoms with Crippen LogP contribution in [0, 0.1) is 13.8 Å². The number of halogens is 1. The lowest BCUT2D eigenvalue weighted by Crippen LogP contribution is -2.34. The molecule has 0 aliphatic heterocycles. The molecule has 0 saturated heterocycles. The summed E-state index contributed by atoms with van der Waals surface area (Å²) in [5.41, 5.74) is 2.84. The SMILES string of the molecule is Cc1cc(C)nc(Oc2ccc(NC(=S)NC(=O)c3ccc(Cl)cc3)cc2)n1. The Labute approximate surface area is 172 Å². The summed E-state index contributed by atoms with van der Waals surface area (Å²) in [6, 6.07) is 15.8. The number of ether oxygens (including phenoxy) is 1. The van der Waals surface area contributed by atoms with E-state index in [1.54, 1.807) is 48.5 Å². The Kier molecular flexibility index (Phi) is 6.18. The lowest BCUT2D eigenvalue weighted by molar-refractivity contribution is 0.0977. The Morgan fingerprint density at radius 2 is 1.61 bits per heavy atom. The highest BCUT2D eigenvalue weighted by Crippen LogP contribution is 2.21. The van der Waals surface area contributed by atoms with E-state index < -0.39 is 0 Å². The van der Waals surface area contributed by atoms with Gasteiger partial charge < -0.3 is 10.1 Å². The van der Waals surface area contributed by atoms with Crippen molar-refractivity contribution in [3.63, 3.8) is 0 Å². The largest absolute Gasteiger partial charge is 0.424 e. The third kappa shape index (κ3) is 5.48. The smallest absolute Gasteiger partial charge is 0.322 e. The average molecular weight is 413 g/mol. The van der Waals surface area contributed by atoms with Crippen LogP contribution in [0.2, 0.25) is 5.02 Å². The third-order valence-corrected chi connectivity index (χ3v) is 4.07. The van der Waals surface area contributed by atoms with Crippen molar-refractivity contribution in [2.75, 3.05) is 5.32 Å². The number of rotatable bonds is 4. The monoisotopic (exact) mass is 412 g/mol. The highest BCUT2D eigenvalue weighted by molar-refractivity contribution is 7.80. The molecule has 0 fully saturated rings. The van der Waals surface area contributed by atoms with E-state index >= 15 is 0 Å². The summed E-state index contributed by atoms with van der Waals surface area (Å²) in [7, 11) is 0. The zero-order chi connectivity index (χ0) is 20.1. The van der Waals surface area contributed by atoms with E-state index in [-0.39, 0.29) is 11.0 Å². The van der Waals surface area contributed by atoms with Gasteiger partial charge >= 0.3 is 6.01 Å². The van der Waals surface area contributed by atoms with Crippen molar-refractivity contribution >= 4 is 40.5 Å². The summed E-state index contributed by atoms with van der Waals surface area (Å²) in [4.78, 5) is 20.6. The molecule has 0 atom stereocenters. The van der Waals surface area contributed by atoms with E-state index in [0.29, 0.717) is 28.0 Å². The molecule has 0 aliphatic carbocycles. The van der Waals surface area contributed by atoms with Gasteiger partial charge in [-0.2, -0.15) is 0 Å². The first-order chi connectivity index (χ1) is 13.4. The fourth-order valence-corrected chi connectivity index (χ4v) is 2.73. The van der Waals surface area contributed by atoms with Gasteiger partial charge in [0.05, 0.1) is 0 Å². The van der Waals surface area contributed by atoms with Gasteiger partial charge in [0.2, 0.25) is 0 Å². The number of aryl methyl sites for hydroxylation is 2. The maximum absolute atomic E-state index is 12.2. The molecule has 0 bridgehead atoms. The molecule has 1 amide bonds. The highest BCUT2D eigenvalue weighted by atomic mass is 35.5. The molecule has 0 unspecified atom stereocenters. The Morgan fingerprint density at radius 3 is 2.21 bits per heavy atom. The van der Waals surface area contributed by atoms with E-state index in [2.05, 4.69) is 20.6 Å². The van der Waals surface area contributed by atoms with Gasteiger partial charge in [0.1, 0.15) is 5.75 Å². The number of nitrogens with one attached hydrogen (secondary N) is 2. The molecule has 6 nitrogen and oxygen atoms in total. The molecule has 0 saturated carbocycles. The van der Waals surface area contributed by atoms with E-state index in [4.69, 9.17) is 28.6 Å². The maximum Gasteiger partial charge on any atom is 0.322 e. The van der Waals surface area contributed by atoms with Crippen molar-refractivity contribution in [3.8, 4) is 11.8 Å². The van der Waals surface area contributed by atoms with Crippen molar-refractivity contribution in [1.29, 1.82) is 0 Å². The molecular formula is C20H17ClN4O2S. The van der Waals surface area contributed by atoms with E-state index in [1.165, 1.54) is 0 Å². The summed E-state index contributed by atoms with van der Waals surface area (Å²) >= 11 is 11.0. The summed E-state index contributed by atoms with van der Waals surface area (Å²) in [5.74, 6) is 0.271. The lowest BCUT2D eigenvalue weighted by Gasteiger charge is -2.10. The number of thiocarbonyl (C=S) groups is 1. The van der Waals surface area contributed by atoms with E-state index in [9.17, 15) is 4.79 Å². The van der Waals surface area contributed by atoms with Gasteiger partial charge in [0.15, 0.2) is 5.11 Å². The maximum atomic E-state index is 12.2. The molecule has 1 heterocycles. The van der Waals surface area contributed by atoms with Crippen LogP contribution >= 0.6 is 23.8 Å². The van der Waals surface area contributed by atoms with Gasteiger partial charge in [-0.05, 0) is 80.7 Å². The van der Waals surface area contributed by atoms with Crippen LogP contribution in [0.1, 0.15) is 21.7 Å². The second-order valence-corrected chi connectivity index (χ2v) is 6.82. The molecule has 2 N–H and O–H groups in total. The molecule has 0 spiro atoms. The Balaban J connectivity index is 1.58. The van der Waals surface area contributed by atoms with Gasteiger partial charge in [-0.1, -0.05) is 11.6 Å². The minimum atomic E-state index is -0.318. The van der Waals surface area contributed by atoms with Crippen LogP contribution in [0.3, 0.4) is 0 Å². The van der Waals surface area contributed by atoms with Crippen LogP contribution in [-0.2, 0) is 0 Å². The normalized spacial score (nSPS) is 10.2. The number of carbonyl (C=O) groups excluding carboxylic acids is 1. The van der Waals surface area contributed by atoms with Gasteiger partial charge in [-0.3, -0.25) is 10.1 Å². The minimum absolute atomic E-state index is 0.186. The Bertz CT molecular complexity index is 987. The van der Waals surface area contributed by atoms with Crippen LogP contribution in [-0.4, -0.2) is 21.0 Å². The van der Waals surface area contributed by atoms with E-state index in [0.717, 1.165) is 11.4 Å². The molecule has 0 aliphatic rings. The number of aromatic nitrogens is 2. The number of benzene rings is 2. The van der Waals surface area contributed by atoms with Gasteiger partial charge in [-0.15, -0.1) is 0 Å². The summed E-state index contributed by atoms with van der Waals surface area (Å²) in [6.07, 6.45) is 0. The molecular weight excluding hydrogens is 396 g/mol. The molecule has 1 aromatic heterocycles. The predicted molar refractivity (Wildman–Crippen MR) is 113 cm³/mol. The fourth-order valence-electron chi connectivity index (χ4n) is 2.39. The average Bonchev–Trinajstić information content (AvgIpc) is 2.63.